The van der Waals surface area contributed by atoms with Gasteiger partial charge in [-0.1, -0.05) is 60.7 Å². The average molecular weight is 267 g/mol. The molecule has 0 saturated carbocycles. The maximum Gasteiger partial charge on any atom is 0.256 e. The molecule has 0 aliphatic carbocycles. The zero-order valence-electron chi connectivity index (χ0n) is 11.2. The molecule has 0 bridgehead atoms. The van der Waals surface area contributed by atoms with Crippen LogP contribution in [0, 0.1) is 0 Å². The topological polar surface area (TPSA) is 29.5 Å². The van der Waals surface area contributed by atoms with Crippen LogP contribution in [0.2, 0.25) is 0 Å². The van der Waals surface area contributed by atoms with Gasteiger partial charge < -0.3 is 9.64 Å². The summed E-state index contributed by atoms with van der Waals surface area (Å²) in [7, 11) is 0. The van der Waals surface area contributed by atoms with Gasteiger partial charge in [0, 0.05) is 13.1 Å². The van der Waals surface area contributed by atoms with Gasteiger partial charge in [0.2, 0.25) is 0 Å². The summed E-state index contributed by atoms with van der Waals surface area (Å²) in [6, 6.07) is 19.7. The lowest BCUT2D eigenvalue weighted by Crippen LogP contribution is -2.42. The van der Waals surface area contributed by atoms with E-state index < -0.39 is 6.10 Å². The highest BCUT2D eigenvalue weighted by molar-refractivity contribution is 5.82. The number of carbonyl (C=O) groups is 1. The van der Waals surface area contributed by atoms with Crippen LogP contribution in [0.3, 0.4) is 0 Å². The Kier molecular flexibility index (Phi) is 3.79. The Labute approximate surface area is 118 Å². The lowest BCUT2D eigenvalue weighted by atomic mass is 10.1. The first kappa shape index (κ1) is 12.9. The van der Waals surface area contributed by atoms with Crippen molar-refractivity contribution in [2.24, 2.45) is 0 Å². The maximum absolute atomic E-state index is 12.5. The van der Waals surface area contributed by atoms with Crippen molar-refractivity contribution in [1.29, 1.82) is 0 Å². The van der Waals surface area contributed by atoms with E-state index in [0.29, 0.717) is 19.7 Å². The normalized spacial score (nSPS) is 19.1. The Balaban J connectivity index is 1.76. The highest BCUT2D eigenvalue weighted by Crippen LogP contribution is 2.24. The molecule has 2 aromatic rings. The van der Waals surface area contributed by atoms with Gasteiger partial charge in [-0.05, 0) is 11.1 Å². The van der Waals surface area contributed by atoms with Crippen molar-refractivity contribution in [1.82, 2.24) is 4.90 Å². The van der Waals surface area contributed by atoms with Gasteiger partial charge in [0.05, 0.1) is 6.61 Å². The summed E-state index contributed by atoms with van der Waals surface area (Å²) in [5.41, 5.74) is 2.07. The van der Waals surface area contributed by atoms with Crippen LogP contribution < -0.4 is 0 Å². The Morgan fingerprint density at radius 1 is 1.00 bits per heavy atom. The van der Waals surface area contributed by atoms with Crippen LogP contribution >= 0.6 is 0 Å². The number of carbonyl (C=O) groups excluding carboxylic acids is 1. The summed E-state index contributed by atoms with van der Waals surface area (Å²) in [5, 5.41) is 0. The largest absolute Gasteiger partial charge is 0.362 e. The van der Waals surface area contributed by atoms with Crippen LogP contribution in [-0.2, 0) is 16.1 Å². The van der Waals surface area contributed by atoms with E-state index in [1.807, 2.05) is 65.6 Å². The molecule has 102 valence electrons. The number of hydrogen-bond donors (Lipinski definition) is 0. The fourth-order valence-corrected chi connectivity index (χ4v) is 2.46. The summed E-state index contributed by atoms with van der Waals surface area (Å²) in [6.45, 7) is 1.88. The highest BCUT2D eigenvalue weighted by atomic mass is 16.5. The molecule has 0 aromatic heterocycles. The number of rotatable bonds is 3. The first-order chi connectivity index (χ1) is 9.84. The van der Waals surface area contributed by atoms with Crippen LogP contribution in [0.5, 0.6) is 0 Å². The minimum absolute atomic E-state index is 0.0475. The number of nitrogens with zero attached hydrogens (tertiary/aromatic N) is 1. The van der Waals surface area contributed by atoms with Crippen LogP contribution in [-0.4, -0.2) is 24.0 Å². The second kappa shape index (κ2) is 5.88. The van der Waals surface area contributed by atoms with E-state index in [0.717, 1.165) is 11.1 Å². The average Bonchev–Trinajstić information content (AvgIpc) is 2.51. The highest BCUT2D eigenvalue weighted by Gasteiger charge is 2.30. The molecule has 3 rings (SSSR count). The smallest absolute Gasteiger partial charge is 0.256 e. The predicted octanol–water partition coefficient (Wildman–Crippen LogP) is 2.79. The summed E-state index contributed by atoms with van der Waals surface area (Å²) in [6.07, 6.45) is -0.464. The summed E-state index contributed by atoms with van der Waals surface area (Å²) in [5.74, 6) is 0.0475. The lowest BCUT2D eigenvalue weighted by Gasteiger charge is -2.32. The Morgan fingerprint density at radius 3 is 2.35 bits per heavy atom. The number of amides is 1. The molecule has 1 aliphatic heterocycles. The molecule has 1 atom stereocenters. The monoisotopic (exact) mass is 267 g/mol. The Morgan fingerprint density at radius 2 is 1.65 bits per heavy atom. The van der Waals surface area contributed by atoms with Gasteiger partial charge in [-0.15, -0.1) is 0 Å². The fraction of sp³-hybridized carbons (Fsp3) is 0.235. The second-order valence-corrected chi connectivity index (χ2v) is 4.91. The van der Waals surface area contributed by atoms with Crippen LogP contribution in [0.15, 0.2) is 60.7 Å². The van der Waals surface area contributed by atoms with Gasteiger partial charge in [0.15, 0.2) is 6.10 Å². The number of morpholine rings is 1. The van der Waals surface area contributed by atoms with E-state index in [1.165, 1.54) is 0 Å². The molecule has 1 amide bonds. The Bertz CT molecular complexity index is 568. The van der Waals surface area contributed by atoms with Gasteiger partial charge in [-0.25, -0.2) is 0 Å². The molecule has 0 radical (unpaired) electrons. The first-order valence-corrected chi connectivity index (χ1v) is 6.84. The minimum Gasteiger partial charge on any atom is -0.362 e. The van der Waals surface area contributed by atoms with E-state index in [4.69, 9.17) is 4.74 Å². The van der Waals surface area contributed by atoms with Crippen LogP contribution in [0.25, 0.3) is 0 Å². The van der Waals surface area contributed by atoms with E-state index in [2.05, 4.69) is 0 Å². The van der Waals surface area contributed by atoms with Crippen molar-refractivity contribution in [2.45, 2.75) is 12.6 Å². The molecule has 1 aliphatic rings. The van der Waals surface area contributed by atoms with Crippen molar-refractivity contribution < 1.29 is 9.53 Å². The van der Waals surface area contributed by atoms with Crippen molar-refractivity contribution >= 4 is 5.91 Å². The summed E-state index contributed by atoms with van der Waals surface area (Å²) < 4.78 is 5.65. The van der Waals surface area contributed by atoms with Gasteiger partial charge in [-0.3, -0.25) is 4.79 Å². The number of hydrogen-bond acceptors (Lipinski definition) is 2. The zero-order chi connectivity index (χ0) is 13.8. The maximum atomic E-state index is 12.5. The van der Waals surface area contributed by atoms with Crippen LogP contribution in [0.4, 0.5) is 0 Å². The SMILES string of the molecule is O=C1C(c2ccccc2)OCCN1Cc1ccccc1. The van der Waals surface area contributed by atoms with Crippen LogP contribution in [0.1, 0.15) is 17.2 Å². The standard InChI is InChI=1S/C17H17NO2/c19-17-16(15-9-5-2-6-10-15)20-12-11-18(17)13-14-7-3-1-4-8-14/h1-10,16H,11-13H2. The van der Waals surface area contributed by atoms with Crippen molar-refractivity contribution in [3.63, 3.8) is 0 Å². The fourth-order valence-electron chi connectivity index (χ4n) is 2.46. The van der Waals surface area contributed by atoms with E-state index in [-0.39, 0.29) is 5.91 Å². The van der Waals surface area contributed by atoms with E-state index >= 15 is 0 Å². The predicted molar refractivity (Wildman–Crippen MR) is 77.0 cm³/mol. The van der Waals surface area contributed by atoms with Gasteiger partial charge in [-0.2, -0.15) is 0 Å². The van der Waals surface area contributed by atoms with E-state index in [9.17, 15) is 4.79 Å². The molecule has 1 saturated heterocycles. The molecule has 2 aromatic carbocycles. The minimum atomic E-state index is -0.464. The second-order valence-electron chi connectivity index (χ2n) is 4.91. The molecule has 0 spiro atoms. The molecule has 3 heteroatoms. The first-order valence-electron chi connectivity index (χ1n) is 6.84. The molecule has 1 unspecified atom stereocenters. The lowest BCUT2D eigenvalue weighted by molar-refractivity contribution is -0.154. The third-order valence-electron chi connectivity index (χ3n) is 3.50. The molecule has 1 heterocycles. The molecule has 1 fully saturated rings. The molecule has 0 N–H and O–H groups in total. The van der Waals surface area contributed by atoms with Gasteiger partial charge in [0.1, 0.15) is 0 Å². The molecule has 20 heavy (non-hydrogen) atoms. The van der Waals surface area contributed by atoms with E-state index in [1.54, 1.807) is 0 Å². The number of ether oxygens (including phenoxy) is 1. The molecular formula is C17H17NO2. The quantitative estimate of drug-likeness (QED) is 0.856. The number of benzene rings is 2. The third-order valence-corrected chi connectivity index (χ3v) is 3.50. The summed E-state index contributed by atoms with van der Waals surface area (Å²) in [4.78, 5) is 14.4. The molecular weight excluding hydrogens is 250 g/mol. The Hall–Kier alpha value is -2.13. The van der Waals surface area contributed by atoms with Crippen molar-refractivity contribution in [3.8, 4) is 0 Å². The summed E-state index contributed by atoms with van der Waals surface area (Å²) >= 11 is 0. The third kappa shape index (κ3) is 2.73. The van der Waals surface area contributed by atoms with Crippen molar-refractivity contribution in [2.75, 3.05) is 13.2 Å². The molecule has 3 nitrogen and oxygen atoms in total. The van der Waals surface area contributed by atoms with Gasteiger partial charge in [0.25, 0.3) is 5.91 Å². The van der Waals surface area contributed by atoms with Crippen molar-refractivity contribution in [3.05, 3.63) is 71.8 Å². The zero-order valence-corrected chi connectivity index (χ0v) is 11.2. The van der Waals surface area contributed by atoms with Gasteiger partial charge >= 0.3 is 0 Å².